The molecule has 1 aliphatic rings. The number of hydrogen-bond donors (Lipinski definition) is 3. The van der Waals surface area contributed by atoms with Gasteiger partial charge in [0.2, 0.25) is 11.9 Å². The average Bonchev–Trinajstić information content (AvgIpc) is 2.61. The number of nitrogens with zero attached hydrogens (tertiary/aromatic N) is 2. The van der Waals surface area contributed by atoms with Gasteiger partial charge in [-0.25, -0.2) is 9.98 Å². The number of rotatable bonds is 9. The predicted octanol–water partition coefficient (Wildman–Crippen LogP) is 5.51. The number of halogens is 3. The van der Waals surface area contributed by atoms with E-state index in [0.717, 1.165) is 24.5 Å². The van der Waals surface area contributed by atoms with Gasteiger partial charge in [-0.1, -0.05) is 68.3 Å². The molecule has 1 heterocycles. The average molecular weight is 449 g/mol. The van der Waals surface area contributed by atoms with Crippen molar-refractivity contribution in [3.8, 4) is 0 Å². The first-order chi connectivity index (χ1) is 12.9. The molecule has 0 spiro atoms. The molecular formula is C20H32Cl3N5. The van der Waals surface area contributed by atoms with Gasteiger partial charge in [-0.15, -0.1) is 12.4 Å². The van der Waals surface area contributed by atoms with E-state index < -0.39 is 5.66 Å². The molecule has 1 aliphatic heterocycles. The van der Waals surface area contributed by atoms with Crippen LogP contribution in [0, 0.1) is 0 Å². The van der Waals surface area contributed by atoms with Crippen molar-refractivity contribution in [1.29, 1.82) is 0 Å². The number of unbranched alkanes of at least 4 members (excludes halogenated alkanes) is 5. The van der Waals surface area contributed by atoms with Crippen LogP contribution >= 0.6 is 35.6 Å². The second-order valence-electron chi connectivity index (χ2n) is 7.34. The molecule has 0 unspecified atom stereocenters. The predicted molar refractivity (Wildman–Crippen MR) is 124 cm³/mol. The Balaban J connectivity index is 0.00000392. The molecule has 1 aromatic rings. The molecule has 0 fully saturated rings. The molecule has 158 valence electrons. The summed E-state index contributed by atoms with van der Waals surface area (Å²) in [5.41, 5.74) is 0.533. The summed E-state index contributed by atoms with van der Waals surface area (Å²) in [5, 5.41) is 11.1. The summed E-state index contributed by atoms with van der Waals surface area (Å²) >= 11 is 12.0. The van der Waals surface area contributed by atoms with Crippen molar-refractivity contribution >= 4 is 47.5 Å². The summed E-state index contributed by atoms with van der Waals surface area (Å²) in [6, 6.07) is 5.61. The van der Waals surface area contributed by atoms with Crippen LogP contribution in [-0.2, 0) is 6.54 Å². The molecule has 0 bridgehead atoms. The Morgan fingerprint density at radius 1 is 0.929 bits per heavy atom. The van der Waals surface area contributed by atoms with Gasteiger partial charge < -0.3 is 10.6 Å². The fraction of sp³-hybridized carbons (Fsp3) is 0.600. The van der Waals surface area contributed by atoms with Crippen molar-refractivity contribution in [3.05, 3.63) is 33.8 Å². The summed E-state index contributed by atoms with van der Waals surface area (Å²) in [5.74, 6) is 1.46. The maximum absolute atomic E-state index is 6.08. The van der Waals surface area contributed by atoms with E-state index in [1.54, 1.807) is 6.07 Å². The molecule has 8 heteroatoms. The van der Waals surface area contributed by atoms with E-state index in [1.165, 1.54) is 32.1 Å². The molecule has 0 atom stereocenters. The van der Waals surface area contributed by atoms with Crippen LogP contribution in [0.4, 0.5) is 0 Å². The molecular weight excluding hydrogens is 417 g/mol. The highest BCUT2D eigenvalue weighted by Crippen LogP contribution is 2.22. The summed E-state index contributed by atoms with van der Waals surface area (Å²) < 4.78 is 0. The zero-order valence-corrected chi connectivity index (χ0v) is 19.3. The fourth-order valence-corrected chi connectivity index (χ4v) is 3.18. The van der Waals surface area contributed by atoms with E-state index in [9.17, 15) is 0 Å². The van der Waals surface area contributed by atoms with Gasteiger partial charge in [0.25, 0.3) is 0 Å². The van der Waals surface area contributed by atoms with Gasteiger partial charge >= 0.3 is 0 Å². The molecule has 0 saturated heterocycles. The molecule has 28 heavy (non-hydrogen) atoms. The van der Waals surface area contributed by atoms with Crippen molar-refractivity contribution in [1.82, 2.24) is 16.0 Å². The first-order valence-corrected chi connectivity index (χ1v) is 10.5. The van der Waals surface area contributed by atoms with Crippen LogP contribution in [0.3, 0.4) is 0 Å². The zero-order chi connectivity index (χ0) is 19.7. The van der Waals surface area contributed by atoms with Crippen molar-refractivity contribution < 1.29 is 0 Å². The van der Waals surface area contributed by atoms with E-state index in [2.05, 4.69) is 32.9 Å². The van der Waals surface area contributed by atoms with E-state index in [4.69, 9.17) is 23.2 Å². The molecule has 1 aromatic carbocycles. The standard InChI is InChI=1S/C20H31Cl2N5.ClH/c1-4-5-6-7-8-9-12-23-18-25-19(27-20(2,3)26-18)24-14-15-10-11-16(21)17(22)13-15;/h10-11,13H,4-9,12,14H2,1-3H3,(H3,23,24,25,26,27);1H. The Kier molecular flexibility index (Phi) is 11.0. The third-order valence-electron chi connectivity index (χ3n) is 4.27. The Morgan fingerprint density at radius 2 is 1.57 bits per heavy atom. The van der Waals surface area contributed by atoms with Gasteiger partial charge in [-0.3, -0.25) is 5.32 Å². The molecule has 5 nitrogen and oxygen atoms in total. The zero-order valence-electron chi connectivity index (χ0n) is 16.9. The highest BCUT2D eigenvalue weighted by Gasteiger charge is 2.22. The number of guanidine groups is 2. The Labute approximate surface area is 185 Å². The van der Waals surface area contributed by atoms with Gasteiger partial charge in [0, 0.05) is 13.1 Å². The van der Waals surface area contributed by atoms with Crippen LogP contribution in [0.1, 0.15) is 64.9 Å². The molecule has 0 amide bonds. The summed E-state index contributed by atoms with van der Waals surface area (Å²) in [4.78, 5) is 9.23. The first-order valence-electron chi connectivity index (χ1n) is 9.78. The minimum Gasteiger partial charge on any atom is -0.356 e. The molecule has 2 rings (SSSR count). The maximum Gasteiger partial charge on any atom is 0.200 e. The van der Waals surface area contributed by atoms with Crippen molar-refractivity contribution in [2.24, 2.45) is 9.98 Å². The van der Waals surface area contributed by atoms with Crippen molar-refractivity contribution in [2.45, 2.75) is 71.5 Å². The van der Waals surface area contributed by atoms with Gasteiger partial charge in [-0.05, 0) is 38.0 Å². The van der Waals surface area contributed by atoms with Crippen LogP contribution in [-0.4, -0.2) is 24.1 Å². The third-order valence-corrected chi connectivity index (χ3v) is 5.01. The first kappa shape index (κ1) is 24.9. The summed E-state index contributed by atoms with van der Waals surface area (Å²) in [6.45, 7) is 7.73. The lowest BCUT2D eigenvalue weighted by Gasteiger charge is -2.26. The summed E-state index contributed by atoms with van der Waals surface area (Å²) in [6.07, 6.45) is 7.65. The number of benzene rings is 1. The maximum atomic E-state index is 6.08. The smallest absolute Gasteiger partial charge is 0.200 e. The van der Waals surface area contributed by atoms with E-state index in [0.29, 0.717) is 22.5 Å². The van der Waals surface area contributed by atoms with Crippen LogP contribution in [0.5, 0.6) is 0 Å². The Bertz CT molecular complexity index is 674. The van der Waals surface area contributed by atoms with E-state index in [-0.39, 0.29) is 12.4 Å². The lowest BCUT2D eigenvalue weighted by molar-refractivity contribution is 0.527. The number of aliphatic imine (C=N–C) groups is 2. The highest BCUT2D eigenvalue weighted by molar-refractivity contribution is 6.42. The fourth-order valence-electron chi connectivity index (χ4n) is 2.86. The molecule has 0 aromatic heterocycles. The van der Waals surface area contributed by atoms with Crippen LogP contribution in [0.15, 0.2) is 28.2 Å². The SMILES string of the molecule is CCCCCCCCNC1=NC(C)(C)N=C(NCc2ccc(Cl)c(Cl)c2)N1.Cl. The lowest BCUT2D eigenvalue weighted by atomic mass is 10.1. The molecule has 0 saturated carbocycles. The topological polar surface area (TPSA) is 60.8 Å². The van der Waals surface area contributed by atoms with Crippen molar-refractivity contribution in [2.75, 3.05) is 6.54 Å². The molecule has 0 aliphatic carbocycles. The monoisotopic (exact) mass is 447 g/mol. The summed E-state index contributed by atoms with van der Waals surface area (Å²) in [7, 11) is 0. The minimum atomic E-state index is -0.505. The number of nitrogens with one attached hydrogen (secondary N) is 3. The quantitative estimate of drug-likeness (QED) is 0.437. The van der Waals surface area contributed by atoms with Gasteiger partial charge in [0.1, 0.15) is 0 Å². The second kappa shape index (κ2) is 12.4. The van der Waals surface area contributed by atoms with Gasteiger partial charge in [0.05, 0.1) is 10.0 Å². The van der Waals surface area contributed by atoms with Gasteiger partial charge in [-0.2, -0.15) is 0 Å². The van der Waals surface area contributed by atoms with Gasteiger partial charge in [0.15, 0.2) is 5.66 Å². The highest BCUT2D eigenvalue weighted by atomic mass is 35.5. The number of hydrogen-bond acceptors (Lipinski definition) is 5. The third kappa shape index (κ3) is 8.89. The Morgan fingerprint density at radius 3 is 2.25 bits per heavy atom. The van der Waals surface area contributed by atoms with Crippen molar-refractivity contribution in [3.63, 3.8) is 0 Å². The normalized spacial score (nSPS) is 15.0. The second-order valence-corrected chi connectivity index (χ2v) is 8.15. The lowest BCUT2D eigenvalue weighted by Crippen LogP contribution is -2.51. The van der Waals surface area contributed by atoms with Crippen LogP contribution in [0.25, 0.3) is 0 Å². The molecule has 0 radical (unpaired) electrons. The minimum absolute atomic E-state index is 0. The largest absolute Gasteiger partial charge is 0.356 e. The van der Waals surface area contributed by atoms with Crippen LogP contribution in [0.2, 0.25) is 10.0 Å². The van der Waals surface area contributed by atoms with Crippen LogP contribution < -0.4 is 16.0 Å². The van der Waals surface area contributed by atoms with E-state index >= 15 is 0 Å². The Hall–Kier alpha value is -1.17. The van der Waals surface area contributed by atoms with E-state index in [1.807, 2.05) is 26.0 Å². The molecule has 3 N–H and O–H groups in total.